The van der Waals surface area contributed by atoms with Gasteiger partial charge in [0, 0.05) is 38.2 Å². The molecule has 2 fully saturated rings. The van der Waals surface area contributed by atoms with Crippen LogP contribution >= 0.6 is 0 Å². The van der Waals surface area contributed by atoms with Gasteiger partial charge in [-0.15, -0.1) is 10.2 Å². The molecule has 0 amide bonds. The Hall–Kier alpha value is -1.71. The summed E-state index contributed by atoms with van der Waals surface area (Å²) in [5.41, 5.74) is 0.500. The molecule has 2 aromatic heterocycles. The number of aromatic nitrogens is 2. The summed E-state index contributed by atoms with van der Waals surface area (Å²) < 4.78 is 37.8. The second kappa shape index (κ2) is 5.98. The summed E-state index contributed by atoms with van der Waals surface area (Å²) in [5, 5.41) is 7.92. The van der Waals surface area contributed by atoms with E-state index in [2.05, 4.69) is 22.0 Å². The van der Waals surface area contributed by atoms with Crippen LogP contribution in [0.4, 0.5) is 0 Å². The zero-order chi connectivity index (χ0) is 16.7. The normalized spacial score (nSPS) is 20.5. The Morgan fingerprint density at radius 2 is 1.96 bits per heavy atom. The molecule has 2 aliphatic rings. The van der Waals surface area contributed by atoms with Gasteiger partial charge in [-0.1, -0.05) is 6.92 Å². The maximum absolute atomic E-state index is 12.7. The van der Waals surface area contributed by atoms with E-state index < -0.39 is 10.0 Å². The first-order valence-electron chi connectivity index (χ1n) is 8.22. The third-order valence-corrected chi connectivity index (χ3v) is 6.33. The van der Waals surface area contributed by atoms with Crippen molar-refractivity contribution in [3.8, 4) is 11.5 Å². The minimum atomic E-state index is -3.63. The first kappa shape index (κ1) is 15.8. The quantitative estimate of drug-likeness (QED) is 0.805. The van der Waals surface area contributed by atoms with Crippen molar-refractivity contribution in [2.24, 2.45) is 0 Å². The molecule has 0 atom stereocenters. The molecular formula is C15H20N4O4S. The molecule has 3 heterocycles. The number of piperazine rings is 1. The van der Waals surface area contributed by atoms with Gasteiger partial charge < -0.3 is 13.7 Å². The Morgan fingerprint density at radius 3 is 2.62 bits per heavy atom. The third-order valence-electron chi connectivity index (χ3n) is 4.56. The van der Waals surface area contributed by atoms with Crippen molar-refractivity contribution in [2.45, 2.75) is 30.8 Å². The summed E-state index contributed by atoms with van der Waals surface area (Å²) >= 11 is 0. The van der Waals surface area contributed by atoms with Gasteiger partial charge in [-0.25, -0.2) is 8.42 Å². The van der Waals surface area contributed by atoms with E-state index in [1.807, 2.05) is 0 Å². The lowest BCUT2D eigenvalue weighted by Crippen LogP contribution is -2.48. The minimum absolute atomic E-state index is 0.0754. The highest BCUT2D eigenvalue weighted by Gasteiger charge is 2.32. The van der Waals surface area contributed by atoms with Crippen LogP contribution in [0.2, 0.25) is 0 Å². The first-order valence-corrected chi connectivity index (χ1v) is 9.66. The second-order valence-electron chi connectivity index (χ2n) is 6.21. The molecule has 1 aliphatic carbocycles. The molecule has 9 heteroatoms. The van der Waals surface area contributed by atoms with E-state index in [4.69, 9.17) is 8.83 Å². The maximum Gasteiger partial charge on any atom is 0.276 e. The lowest BCUT2D eigenvalue weighted by molar-refractivity contribution is 0.194. The van der Waals surface area contributed by atoms with Gasteiger partial charge in [0.05, 0.1) is 5.56 Å². The molecule has 2 aromatic rings. The van der Waals surface area contributed by atoms with E-state index >= 15 is 0 Å². The monoisotopic (exact) mass is 352 g/mol. The second-order valence-corrected chi connectivity index (χ2v) is 8.08. The Bertz CT molecular complexity index is 816. The fourth-order valence-corrected chi connectivity index (χ4v) is 4.17. The third kappa shape index (κ3) is 2.87. The highest BCUT2D eigenvalue weighted by atomic mass is 32.2. The van der Waals surface area contributed by atoms with Crippen molar-refractivity contribution >= 4 is 10.0 Å². The van der Waals surface area contributed by atoms with Crippen LogP contribution in [-0.4, -0.2) is 60.5 Å². The standard InChI is InChI=1S/C15H20N4O4S/c1-2-18-5-7-19(8-6-18)24(20,21)13-9-12(10-22-13)15-17-16-14(23-15)11-3-4-11/h9-11H,2-8H2,1H3. The van der Waals surface area contributed by atoms with Crippen LogP contribution in [0.15, 0.2) is 26.3 Å². The summed E-state index contributed by atoms with van der Waals surface area (Å²) in [6.45, 7) is 5.41. The zero-order valence-electron chi connectivity index (χ0n) is 13.5. The Balaban J connectivity index is 1.52. The number of rotatable bonds is 5. The number of furan rings is 1. The van der Waals surface area contributed by atoms with Crippen molar-refractivity contribution in [3.63, 3.8) is 0 Å². The molecule has 0 aromatic carbocycles. The fraction of sp³-hybridized carbons (Fsp3) is 0.600. The summed E-state index contributed by atoms with van der Waals surface area (Å²) in [4.78, 5) is 2.22. The first-order chi connectivity index (χ1) is 11.6. The predicted octanol–water partition coefficient (Wildman–Crippen LogP) is 1.53. The number of sulfonamides is 1. The fourth-order valence-electron chi connectivity index (χ4n) is 2.82. The summed E-state index contributed by atoms with van der Waals surface area (Å²) in [6.07, 6.45) is 3.49. The molecule has 0 unspecified atom stereocenters. The molecule has 0 bridgehead atoms. The average Bonchev–Trinajstić information content (AvgIpc) is 3.13. The van der Waals surface area contributed by atoms with Crippen LogP contribution in [0.5, 0.6) is 0 Å². The Morgan fingerprint density at radius 1 is 1.21 bits per heavy atom. The number of hydrogen-bond donors (Lipinski definition) is 0. The SMILES string of the molecule is CCN1CCN(S(=O)(=O)c2cc(-c3nnc(C4CC4)o3)co2)CC1. The smallest absolute Gasteiger partial charge is 0.276 e. The minimum Gasteiger partial charge on any atom is -0.451 e. The molecule has 1 aliphatic heterocycles. The van der Waals surface area contributed by atoms with E-state index in [0.29, 0.717) is 36.4 Å². The van der Waals surface area contributed by atoms with Crippen molar-refractivity contribution < 1.29 is 17.3 Å². The van der Waals surface area contributed by atoms with Gasteiger partial charge in [-0.3, -0.25) is 0 Å². The summed E-state index contributed by atoms with van der Waals surface area (Å²) in [7, 11) is -3.63. The Kier molecular flexibility index (Phi) is 3.93. The molecule has 0 N–H and O–H groups in total. The van der Waals surface area contributed by atoms with E-state index in [1.165, 1.54) is 16.6 Å². The average molecular weight is 352 g/mol. The van der Waals surface area contributed by atoms with Gasteiger partial charge in [-0.2, -0.15) is 4.31 Å². The number of nitrogens with zero attached hydrogens (tertiary/aromatic N) is 4. The topological polar surface area (TPSA) is 92.7 Å². The lowest BCUT2D eigenvalue weighted by atomic mass is 10.3. The molecule has 1 saturated heterocycles. The van der Waals surface area contributed by atoms with Gasteiger partial charge in [0.1, 0.15) is 6.26 Å². The van der Waals surface area contributed by atoms with Crippen LogP contribution in [0, 0.1) is 0 Å². The van der Waals surface area contributed by atoms with Gasteiger partial charge in [0.25, 0.3) is 15.9 Å². The zero-order valence-corrected chi connectivity index (χ0v) is 14.3. The molecule has 0 spiro atoms. The molecule has 130 valence electrons. The molecule has 24 heavy (non-hydrogen) atoms. The highest BCUT2D eigenvalue weighted by molar-refractivity contribution is 7.89. The molecule has 8 nitrogen and oxygen atoms in total. The van der Waals surface area contributed by atoms with Crippen LogP contribution in [0.25, 0.3) is 11.5 Å². The molecule has 1 saturated carbocycles. The van der Waals surface area contributed by atoms with Gasteiger partial charge >= 0.3 is 0 Å². The molecule has 4 rings (SSSR count). The van der Waals surface area contributed by atoms with Crippen molar-refractivity contribution in [1.82, 2.24) is 19.4 Å². The van der Waals surface area contributed by atoms with E-state index in [0.717, 1.165) is 32.5 Å². The van der Waals surface area contributed by atoms with Crippen molar-refractivity contribution in [2.75, 3.05) is 32.7 Å². The highest BCUT2D eigenvalue weighted by Crippen LogP contribution is 2.40. The lowest BCUT2D eigenvalue weighted by Gasteiger charge is -2.32. The van der Waals surface area contributed by atoms with Crippen molar-refractivity contribution in [1.29, 1.82) is 0 Å². The van der Waals surface area contributed by atoms with Gasteiger partial charge in [0.2, 0.25) is 11.0 Å². The van der Waals surface area contributed by atoms with Gasteiger partial charge in [0.15, 0.2) is 0 Å². The predicted molar refractivity (Wildman–Crippen MR) is 84.8 cm³/mol. The molecule has 0 radical (unpaired) electrons. The van der Waals surface area contributed by atoms with Gasteiger partial charge in [-0.05, 0) is 19.4 Å². The van der Waals surface area contributed by atoms with Crippen LogP contribution < -0.4 is 0 Å². The maximum atomic E-state index is 12.7. The van der Waals surface area contributed by atoms with E-state index in [-0.39, 0.29) is 5.09 Å². The van der Waals surface area contributed by atoms with E-state index in [9.17, 15) is 8.42 Å². The van der Waals surface area contributed by atoms with Crippen molar-refractivity contribution in [3.05, 3.63) is 18.2 Å². The van der Waals surface area contributed by atoms with Crippen LogP contribution in [0.1, 0.15) is 31.6 Å². The largest absolute Gasteiger partial charge is 0.451 e. The summed E-state index contributed by atoms with van der Waals surface area (Å²) in [6, 6.07) is 1.46. The van der Waals surface area contributed by atoms with Crippen LogP contribution in [-0.2, 0) is 10.0 Å². The van der Waals surface area contributed by atoms with E-state index in [1.54, 1.807) is 0 Å². The Labute approximate surface area is 140 Å². The molecular weight excluding hydrogens is 332 g/mol. The number of hydrogen-bond acceptors (Lipinski definition) is 7. The number of likely N-dealkylation sites (N-methyl/N-ethyl adjacent to an activating group) is 1. The van der Waals surface area contributed by atoms with Crippen LogP contribution in [0.3, 0.4) is 0 Å². The summed E-state index contributed by atoms with van der Waals surface area (Å²) in [5.74, 6) is 1.28.